The Morgan fingerprint density at radius 3 is 2.26 bits per heavy atom. The van der Waals surface area contributed by atoms with Gasteiger partial charge in [-0.2, -0.15) is 0 Å². The number of hydrogen-bond acceptors (Lipinski definition) is 2. The summed E-state index contributed by atoms with van der Waals surface area (Å²) in [5.74, 6) is -2.41. The van der Waals surface area contributed by atoms with Crippen LogP contribution in [0.4, 0.5) is 13.2 Å². The first-order valence-corrected chi connectivity index (χ1v) is 6.39. The van der Waals surface area contributed by atoms with E-state index < -0.39 is 23.6 Å². The Morgan fingerprint density at radius 1 is 0.947 bits per heavy atom. The Balaban J connectivity index is 2.25. The quantitative estimate of drug-likeness (QED) is 0.906. The van der Waals surface area contributed by atoms with Gasteiger partial charge in [0.1, 0.15) is 5.82 Å². The fourth-order valence-corrected chi connectivity index (χ4v) is 2.37. The molecule has 2 aromatic carbocycles. The first-order valence-electron chi connectivity index (χ1n) is 5.58. The van der Waals surface area contributed by atoms with Crippen molar-refractivity contribution in [3.63, 3.8) is 0 Å². The van der Waals surface area contributed by atoms with Crippen LogP contribution in [0, 0.1) is 17.5 Å². The molecule has 0 aromatic heterocycles. The van der Waals surface area contributed by atoms with E-state index in [4.69, 9.17) is 0 Å². The van der Waals surface area contributed by atoms with E-state index in [-0.39, 0.29) is 4.90 Å². The summed E-state index contributed by atoms with van der Waals surface area (Å²) < 4.78 is 39.6. The van der Waals surface area contributed by atoms with Gasteiger partial charge in [-0.3, -0.25) is 0 Å². The molecule has 0 unspecified atom stereocenters. The summed E-state index contributed by atoms with van der Waals surface area (Å²) in [4.78, 5) is 0.693. The molecule has 1 atom stereocenters. The fraction of sp³-hybridized carbons (Fsp3) is 0.143. The molecular weight excluding hydrogens is 273 g/mol. The molecule has 0 bridgehead atoms. The molecule has 19 heavy (non-hydrogen) atoms. The topological polar surface area (TPSA) is 20.2 Å². The zero-order chi connectivity index (χ0) is 14.0. The molecule has 100 valence electrons. The second-order valence-electron chi connectivity index (χ2n) is 4.04. The Labute approximate surface area is 113 Å². The summed E-state index contributed by atoms with van der Waals surface area (Å²) >= 11 is 0.994. The molecule has 0 heterocycles. The first-order chi connectivity index (χ1) is 8.97. The number of halogens is 3. The second kappa shape index (κ2) is 5.67. The van der Waals surface area contributed by atoms with Gasteiger partial charge in [0.25, 0.3) is 0 Å². The number of rotatable bonds is 3. The van der Waals surface area contributed by atoms with Gasteiger partial charge < -0.3 is 5.11 Å². The van der Waals surface area contributed by atoms with E-state index >= 15 is 0 Å². The normalized spacial score (nSPS) is 12.5. The van der Waals surface area contributed by atoms with Crippen LogP contribution in [0.5, 0.6) is 0 Å². The van der Waals surface area contributed by atoms with Crippen LogP contribution < -0.4 is 0 Å². The largest absolute Gasteiger partial charge is 0.389 e. The highest BCUT2D eigenvalue weighted by atomic mass is 32.2. The predicted octanol–water partition coefficient (Wildman–Crippen LogP) is 4.31. The van der Waals surface area contributed by atoms with Crippen molar-refractivity contribution in [3.05, 3.63) is 59.4 Å². The maximum Gasteiger partial charge on any atom is 0.159 e. The second-order valence-corrected chi connectivity index (χ2v) is 5.16. The van der Waals surface area contributed by atoms with Crippen LogP contribution in [0.1, 0.15) is 18.6 Å². The molecule has 0 aliphatic heterocycles. The van der Waals surface area contributed by atoms with Gasteiger partial charge in [0.05, 0.1) is 6.10 Å². The molecular formula is C14H11F3OS. The molecule has 5 heteroatoms. The third kappa shape index (κ3) is 3.30. The number of aliphatic hydroxyl groups is 1. The zero-order valence-corrected chi connectivity index (χ0v) is 10.8. The number of aliphatic hydroxyl groups excluding tert-OH is 1. The minimum absolute atomic E-state index is 0.287. The molecule has 1 nitrogen and oxygen atoms in total. The molecule has 1 N–H and O–H groups in total. The lowest BCUT2D eigenvalue weighted by molar-refractivity contribution is 0.198. The molecule has 0 saturated carbocycles. The van der Waals surface area contributed by atoms with Gasteiger partial charge in [-0.15, -0.1) is 0 Å². The third-order valence-electron chi connectivity index (χ3n) is 2.56. The third-order valence-corrected chi connectivity index (χ3v) is 3.60. The van der Waals surface area contributed by atoms with Crippen molar-refractivity contribution in [2.45, 2.75) is 22.8 Å². The summed E-state index contributed by atoms with van der Waals surface area (Å²) in [6.45, 7) is 1.54. The van der Waals surface area contributed by atoms with Crippen LogP contribution in [0.3, 0.4) is 0 Å². The van der Waals surface area contributed by atoms with Crippen molar-refractivity contribution >= 4 is 11.8 Å². The van der Waals surface area contributed by atoms with E-state index in [0.29, 0.717) is 10.5 Å². The van der Waals surface area contributed by atoms with Crippen molar-refractivity contribution in [3.8, 4) is 0 Å². The van der Waals surface area contributed by atoms with Crippen molar-refractivity contribution in [2.24, 2.45) is 0 Å². The van der Waals surface area contributed by atoms with Crippen molar-refractivity contribution in [1.82, 2.24) is 0 Å². The van der Waals surface area contributed by atoms with Gasteiger partial charge in [0, 0.05) is 9.79 Å². The zero-order valence-electron chi connectivity index (χ0n) is 10.0. The summed E-state index contributed by atoms with van der Waals surface area (Å²) in [5, 5.41) is 9.33. The fourth-order valence-electron chi connectivity index (χ4n) is 1.53. The van der Waals surface area contributed by atoms with Crippen LogP contribution in [0.2, 0.25) is 0 Å². The maximum absolute atomic E-state index is 13.8. The molecule has 0 aliphatic rings. The number of hydrogen-bond donors (Lipinski definition) is 1. The van der Waals surface area contributed by atoms with Crippen molar-refractivity contribution < 1.29 is 18.3 Å². The highest BCUT2D eigenvalue weighted by Gasteiger charge is 2.10. The van der Waals surface area contributed by atoms with Gasteiger partial charge in [0.2, 0.25) is 0 Å². The van der Waals surface area contributed by atoms with Crippen LogP contribution in [0.25, 0.3) is 0 Å². The molecule has 0 spiro atoms. The van der Waals surface area contributed by atoms with E-state index in [9.17, 15) is 18.3 Å². The van der Waals surface area contributed by atoms with Crippen LogP contribution in [0.15, 0.2) is 46.2 Å². The van der Waals surface area contributed by atoms with E-state index in [1.807, 2.05) is 0 Å². The maximum atomic E-state index is 13.8. The van der Waals surface area contributed by atoms with Gasteiger partial charge in [-0.25, -0.2) is 13.2 Å². The molecule has 0 radical (unpaired) electrons. The monoisotopic (exact) mass is 284 g/mol. The standard InChI is InChI=1S/C14H11F3OS/c1-8(18)9-2-5-14(13(17)6-9)19-10-3-4-11(15)12(16)7-10/h2-8,18H,1H3/t8-/m0/s1. The lowest BCUT2D eigenvalue weighted by Gasteiger charge is -2.08. The van der Waals surface area contributed by atoms with Gasteiger partial charge >= 0.3 is 0 Å². The average Bonchev–Trinajstić information content (AvgIpc) is 2.36. The molecule has 0 aliphatic carbocycles. The van der Waals surface area contributed by atoms with E-state index in [0.717, 1.165) is 23.9 Å². The van der Waals surface area contributed by atoms with Crippen LogP contribution in [-0.2, 0) is 0 Å². The summed E-state index contributed by atoms with van der Waals surface area (Å²) in [6, 6.07) is 7.72. The van der Waals surface area contributed by atoms with Crippen molar-refractivity contribution in [1.29, 1.82) is 0 Å². The van der Waals surface area contributed by atoms with E-state index in [1.54, 1.807) is 6.07 Å². The van der Waals surface area contributed by atoms with Crippen LogP contribution >= 0.6 is 11.8 Å². The Kier molecular flexibility index (Phi) is 4.17. The average molecular weight is 284 g/mol. The predicted molar refractivity (Wildman–Crippen MR) is 67.5 cm³/mol. The molecule has 0 amide bonds. The summed E-state index contributed by atoms with van der Waals surface area (Å²) in [5.41, 5.74) is 0.465. The van der Waals surface area contributed by atoms with Gasteiger partial charge in [-0.05, 0) is 42.8 Å². The SMILES string of the molecule is C[C@H](O)c1ccc(Sc2ccc(F)c(F)c2)c(F)c1. The molecule has 2 rings (SSSR count). The molecule has 0 fully saturated rings. The summed E-state index contributed by atoms with van der Waals surface area (Å²) in [6.07, 6.45) is -0.753. The Bertz CT molecular complexity index is 599. The highest BCUT2D eigenvalue weighted by molar-refractivity contribution is 7.99. The first kappa shape index (κ1) is 14.0. The Hall–Kier alpha value is -1.46. The summed E-state index contributed by atoms with van der Waals surface area (Å²) in [7, 11) is 0. The van der Waals surface area contributed by atoms with Gasteiger partial charge in [-0.1, -0.05) is 17.8 Å². The lowest BCUT2D eigenvalue weighted by Crippen LogP contribution is -1.93. The smallest absolute Gasteiger partial charge is 0.159 e. The van der Waals surface area contributed by atoms with Crippen molar-refractivity contribution in [2.75, 3.05) is 0 Å². The molecule has 2 aromatic rings. The van der Waals surface area contributed by atoms with E-state index in [1.165, 1.54) is 25.1 Å². The minimum Gasteiger partial charge on any atom is -0.389 e. The Morgan fingerprint density at radius 2 is 1.68 bits per heavy atom. The highest BCUT2D eigenvalue weighted by Crippen LogP contribution is 2.31. The number of benzene rings is 2. The minimum atomic E-state index is -0.967. The molecule has 0 saturated heterocycles. The van der Waals surface area contributed by atoms with Gasteiger partial charge in [0.15, 0.2) is 11.6 Å². The van der Waals surface area contributed by atoms with Crippen LogP contribution in [-0.4, -0.2) is 5.11 Å². The lowest BCUT2D eigenvalue weighted by atomic mass is 10.1. The van der Waals surface area contributed by atoms with E-state index in [2.05, 4.69) is 0 Å².